The zero-order valence-corrected chi connectivity index (χ0v) is 24.3. The Morgan fingerprint density at radius 3 is 2.67 bits per heavy atom. The van der Waals surface area contributed by atoms with E-state index in [2.05, 4.69) is 25.2 Å². The lowest BCUT2D eigenvalue weighted by Crippen LogP contribution is -2.19. The van der Waals surface area contributed by atoms with Crippen molar-refractivity contribution in [1.29, 1.82) is 0 Å². The molecule has 15 heteroatoms. The van der Waals surface area contributed by atoms with Crippen LogP contribution in [0.15, 0.2) is 72.0 Å². The molecule has 0 saturated heterocycles. The zero-order valence-electron chi connectivity index (χ0n) is 22.7. The largest absolute Gasteiger partial charge is 0.492 e. The topological polar surface area (TPSA) is 136 Å². The summed E-state index contributed by atoms with van der Waals surface area (Å²) in [7, 11) is 1.45. The van der Waals surface area contributed by atoms with E-state index in [1.54, 1.807) is 31.4 Å². The van der Waals surface area contributed by atoms with Crippen molar-refractivity contribution in [2.75, 3.05) is 37.3 Å². The standard InChI is InChI=1S/C27H26ClFN8O4S/c1-35(2)10-11-41-19-8-9-30-25(14-19)37-16-20(15-31-37)42(39,40)34-18-4-6-21-24(13-18)33-36(3)26(21)27(38)32-17-5-7-23(29)22(28)12-17/h4-9,12-16,34H,10-11H2,1-3H3,(H,32,38). The van der Waals surface area contributed by atoms with Gasteiger partial charge in [-0.05, 0) is 56.6 Å². The molecule has 0 aliphatic carbocycles. The van der Waals surface area contributed by atoms with Gasteiger partial charge in [0.15, 0.2) is 5.82 Å². The van der Waals surface area contributed by atoms with Gasteiger partial charge in [0.1, 0.15) is 28.8 Å². The Morgan fingerprint density at radius 1 is 1.12 bits per heavy atom. The molecule has 0 bridgehead atoms. The van der Waals surface area contributed by atoms with E-state index in [-0.39, 0.29) is 21.3 Å². The van der Waals surface area contributed by atoms with Crippen LogP contribution < -0.4 is 14.8 Å². The maximum atomic E-state index is 13.5. The van der Waals surface area contributed by atoms with Crippen molar-refractivity contribution in [2.45, 2.75) is 4.90 Å². The van der Waals surface area contributed by atoms with Gasteiger partial charge < -0.3 is 15.0 Å². The molecule has 0 fully saturated rings. The van der Waals surface area contributed by atoms with Crippen LogP contribution in [0, 0.1) is 5.82 Å². The summed E-state index contributed by atoms with van der Waals surface area (Å²) in [5, 5.41) is 11.5. The third-order valence-corrected chi connectivity index (χ3v) is 7.73. The summed E-state index contributed by atoms with van der Waals surface area (Å²) < 4.78 is 50.7. The number of carbonyl (C=O) groups is 1. The van der Waals surface area contributed by atoms with Crippen LogP contribution in [0.2, 0.25) is 5.02 Å². The number of anilines is 2. The lowest BCUT2D eigenvalue weighted by atomic mass is 10.2. The molecule has 3 heterocycles. The van der Waals surface area contributed by atoms with Gasteiger partial charge in [0, 0.05) is 36.9 Å². The van der Waals surface area contributed by atoms with Crippen LogP contribution in [-0.2, 0) is 17.1 Å². The van der Waals surface area contributed by atoms with Crippen LogP contribution in [0.5, 0.6) is 5.75 Å². The molecule has 2 N–H and O–H groups in total. The Labute approximate surface area is 245 Å². The zero-order chi connectivity index (χ0) is 30.0. The van der Waals surface area contributed by atoms with E-state index in [0.717, 1.165) is 12.6 Å². The number of amides is 1. The maximum absolute atomic E-state index is 13.5. The first-order valence-corrected chi connectivity index (χ1v) is 14.4. The number of hydrogen-bond donors (Lipinski definition) is 2. The number of pyridine rings is 1. The molecular formula is C27H26ClFN8O4S. The van der Waals surface area contributed by atoms with Gasteiger partial charge in [-0.15, -0.1) is 0 Å². The minimum absolute atomic E-state index is 0.0811. The van der Waals surface area contributed by atoms with Gasteiger partial charge in [-0.3, -0.25) is 14.2 Å². The van der Waals surface area contributed by atoms with Crippen LogP contribution in [0.3, 0.4) is 0 Å². The van der Waals surface area contributed by atoms with Crippen molar-refractivity contribution in [3.63, 3.8) is 0 Å². The van der Waals surface area contributed by atoms with Crippen LogP contribution in [-0.4, -0.2) is 71.0 Å². The minimum atomic E-state index is -4.03. The van der Waals surface area contributed by atoms with E-state index in [1.165, 1.54) is 46.0 Å². The number of aryl methyl sites for hydroxylation is 1. The van der Waals surface area contributed by atoms with Gasteiger partial charge in [0.05, 0.1) is 28.6 Å². The predicted octanol–water partition coefficient (Wildman–Crippen LogP) is 3.94. The van der Waals surface area contributed by atoms with E-state index in [4.69, 9.17) is 16.3 Å². The van der Waals surface area contributed by atoms with Crippen molar-refractivity contribution < 1.29 is 22.3 Å². The van der Waals surface area contributed by atoms with Crippen LogP contribution in [0.4, 0.5) is 15.8 Å². The Hall–Kier alpha value is -4.53. The van der Waals surface area contributed by atoms with Gasteiger partial charge in [-0.2, -0.15) is 10.2 Å². The van der Waals surface area contributed by atoms with Gasteiger partial charge in [0.2, 0.25) is 0 Å². The second-order valence-electron chi connectivity index (χ2n) is 9.51. The number of fused-ring (bicyclic) bond motifs is 1. The monoisotopic (exact) mass is 612 g/mol. The quantitative estimate of drug-likeness (QED) is 0.242. The number of aromatic nitrogens is 5. The van der Waals surface area contributed by atoms with Crippen LogP contribution in [0.1, 0.15) is 10.5 Å². The Kier molecular flexibility index (Phi) is 8.11. The Balaban J connectivity index is 1.32. The highest BCUT2D eigenvalue weighted by Gasteiger charge is 2.21. The lowest BCUT2D eigenvalue weighted by Gasteiger charge is -2.11. The van der Waals surface area contributed by atoms with E-state index >= 15 is 0 Å². The number of sulfonamides is 1. The van der Waals surface area contributed by atoms with Crippen LogP contribution >= 0.6 is 11.6 Å². The second-order valence-corrected chi connectivity index (χ2v) is 11.6. The third kappa shape index (κ3) is 6.35. The average Bonchev–Trinajstić information content (AvgIpc) is 3.55. The Bertz CT molecular complexity index is 1890. The molecule has 1 amide bonds. The fraction of sp³-hybridized carbons (Fsp3) is 0.185. The molecule has 0 spiro atoms. The summed E-state index contributed by atoms with van der Waals surface area (Å²) in [6.07, 6.45) is 4.12. The molecule has 12 nitrogen and oxygen atoms in total. The molecule has 2 aromatic carbocycles. The summed E-state index contributed by atoms with van der Waals surface area (Å²) >= 11 is 5.81. The average molecular weight is 613 g/mol. The number of rotatable bonds is 10. The first kappa shape index (κ1) is 29.0. The Morgan fingerprint density at radius 2 is 1.90 bits per heavy atom. The van der Waals surface area contributed by atoms with Crippen LogP contribution in [0.25, 0.3) is 16.7 Å². The SMILES string of the molecule is CN(C)CCOc1ccnc(-n2cc(S(=O)(=O)Nc3ccc4c(C(=O)Nc5ccc(F)c(Cl)c5)n(C)nc4c3)cn2)c1. The third-order valence-electron chi connectivity index (χ3n) is 6.11. The number of carbonyl (C=O) groups excluding carboxylic acids is 1. The normalized spacial score (nSPS) is 11.7. The summed E-state index contributed by atoms with van der Waals surface area (Å²) in [4.78, 5) is 19.1. The number of hydrogen-bond acceptors (Lipinski definition) is 8. The van der Waals surface area contributed by atoms with E-state index in [1.807, 2.05) is 19.0 Å². The van der Waals surface area contributed by atoms with Crippen molar-refractivity contribution in [3.05, 3.63) is 83.7 Å². The molecule has 0 aliphatic rings. The summed E-state index contributed by atoms with van der Waals surface area (Å²) in [6, 6.07) is 11.8. The summed E-state index contributed by atoms with van der Waals surface area (Å²) in [5.74, 6) is -0.126. The summed E-state index contributed by atoms with van der Waals surface area (Å²) in [6.45, 7) is 1.21. The maximum Gasteiger partial charge on any atom is 0.274 e. The number of nitrogens with zero attached hydrogens (tertiary/aromatic N) is 6. The molecule has 0 atom stereocenters. The number of halogens is 2. The second kappa shape index (κ2) is 11.8. The molecule has 0 aliphatic heterocycles. The fourth-order valence-corrected chi connectivity index (χ4v) is 5.20. The summed E-state index contributed by atoms with van der Waals surface area (Å²) in [5.41, 5.74) is 1.15. The minimum Gasteiger partial charge on any atom is -0.492 e. The molecule has 42 heavy (non-hydrogen) atoms. The number of ether oxygens (including phenoxy) is 1. The van der Waals surface area contributed by atoms with Crippen molar-refractivity contribution in [2.24, 2.45) is 7.05 Å². The molecule has 0 radical (unpaired) electrons. The molecular weight excluding hydrogens is 587 g/mol. The van der Waals surface area contributed by atoms with Gasteiger partial charge in [-0.25, -0.2) is 22.5 Å². The van der Waals surface area contributed by atoms with Crippen molar-refractivity contribution in [1.82, 2.24) is 29.4 Å². The van der Waals surface area contributed by atoms with E-state index in [9.17, 15) is 17.6 Å². The number of nitrogens with one attached hydrogen (secondary N) is 2. The first-order chi connectivity index (χ1) is 20.0. The fourth-order valence-electron chi connectivity index (χ4n) is 4.04. The molecule has 5 aromatic rings. The highest BCUT2D eigenvalue weighted by Crippen LogP contribution is 2.26. The lowest BCUT2D eigenvalue weighted by molar-refractivity contribution is 0.101. The van der Waals surface area contributed by atoms with Gasteiger partial charge >= 0.3 is 0 Å². The number of likely N-dealkylation sites (N-methyl/N-ethyl adjacent to an activating group) is 1. The van der Waals surface area contributed by atoms with Gasteiger partial charge in [-0.1, -0.05) is 11.6 Å². The molecule has 3 aromatic heterocycles. The van der Waals surface area contributed by atoms with E-state index in [0.29, 0.717) is 34.8 Å². The molecule has 5 rings (SSSR count). The first-order valence-electron chi connectivity index (χ1n) is 12.5. The van der Waals surface area contributed by atoms with Crippen molar-refractivity contribution >= 4 is 49.8 Å². The van der Waals surface area contributed by atoms with E-state index < -0.39 is 21.7 Å². The smallest absolute Gasteiger partial charge is 0.274 e. The van der Waals surface area contributed by atoms with Gasteiger partial charge in [0.25, 0.3) is 15.9 Å². The molecule has 218 valence electrons. The van der Waals surface area contributed by atoms with Crippen molar-refractivity contribution in [3.8, 4) is 11.6 Å². The molecule has 0 saturated carbocycles. The predicted molar refractivity (Wildman–Crippen MR) is 156 cm³/mol. The highest BCUT2D eigenvalue weighted by atomic mass is 35.5. The molecule has 0 unspecified atom stereocenters. The number of benzene rings is 2. The highest BCUT2D eigenvalue weighted by molar-refractivity contribution is 7.92.